The van der Waals surface area contributed by atoms with Crippen LogP contribution in [0.15, 0.2) is 42.6 Å². The van der Waals surface area contributed by atoms with Gasteiger partial charge in [0, 0.05) is 5.56 Å². The minimum atomic E-state index is -0.666. The van der Waals surface area contributed by atoms with E-state index in [1.54, 1.807) is 30.3 Å². The molecule has 13 heavy (non-hydrogen) atoms. The molecule has 0 spiro atoms. The molecule has 0 atom stereocenters. The predicted octanol–water partition coefficient (Wildman–Crippen LogP) is 1.66. The number of hydrogen-bond donors (Lipinski definition) is 0. The van der Waals surface area contributed by atoms with Crippen LogP contribution in [0.5, 0.6) is 0 Å². The van der Waals surface area contributed by atoms with Gasteiger partial charge in [0.15, 0.2) is 5.78 Å². The third kappa shape index (κ3) is 2.86. The summed E-state index contributed by atoms with van der Waals surface area (Å²) in [4.78, 5) is 20.4. The summed E-state index contributed by atoms with van der Waals surface area (Å²) in [5.74, 6) is -0.364. The number of ketones is 1. The van der Waals surface area contributed by atoms with Crippen LogP contribution in [0.1, 0.15) is 10.4 Å². The van der Waals surface area contributed by atoms with Crippen molar-refractivity contribution in [2.24, 2.45) is 0 Å². The summed E-state index contributed by atoms with van der Waals surface area (Å²) in [6.45, 7) is 0. The van der Waals surface area contributed by atoms with Gasteiger partial charge in [-0.15, -0.1) is 0 Å². The van der Waals surface area contributed by atoms with Gasteiger partial charge >= 0.3 is 0 Å². The lowest BCUT2D eigenvalue weighted by atomic mass is 10.1. The zero-order chi connectivity index (χ0) is 9.68. The molecule has 0 heterocycles. The van der Waals surface area contributed by atoms with Crippen LogP contribution < -0.4 is 0 Å². The number of nitrogens with zero attached hydrogens (tertiary/aromatic N) is 1. The summed E-state index contributed by atoms with van der Waals surface area (Å²) in [6, 6.07) is 8.38. The Morgan fingerprint density at radius 2 is 1.92 bits per heavy atom. The first kappa shape index (κ1) is 9.12. The molecule has 1 aromatic carbocycles. The lowest BCUT2D eigenvalue weighted by Gasteiger charge is -1.91. The molecule has 0 radical (unpaired) electrons. The number of carbonyl (C=O) groups excluding carboxylic acids is 1. The van der Waals surface area contributed by atoms with Crippen LogP contribution in [-0.2, 0) is 0 Å². The monoisotopic (exact) mass is 177 g/mol. The lowest BCUT2D eigenvalue weighted by Crippen LogP contribution is -1.95. The van der Waals surface area contributed by atoms with Gasteiger partial charge in [0.2, 0.25) is 6.20 Å². The van der Waals surface area contributed by atoms with Gasteiger partial charge in [-0.3, -0.25) is 14.9 Å². The fraction of sp³-hybridized carbons (Fsp3) is 0. The smallest absolute Gasteiger partial charge is 0.238 e. The third-order valence-electron chi connectivity index (χ3n) is 1.41. The molecular formula is C9H7NO3. The van der Waals surface area contributed by atoms with Gasteiger partial charge < -0.3 is 0 Å². The zero-order valence-corrected chi connectivity index (χ0v) is 6.71. The first-order valence-electron chi connectivity index (χ1n) is 3.61. The van der Waals surface area contributed by atoms with E-state index in [4.69, 9.17) is 0 Å². The number of rotatable bonds is 3. The van der Waals surface area contributed by atoms with Crippen molar-refractivity contribution in [2.45, 2.75) is 0 Å². The second-order valence-corrected chi connectivity index (χ2v) is 2.33. The van der Waals surface area contributed by atoms with E-state index in [-0.39, 0.29) is 5.78 Å². The maximum absolute atomic E-state index is 11.2. The molecule has 0 aliphatic rings. The lowest BCUT2D eigenvalue weighted by molar-refractivity contribution is -0.402. The quantitative estimate of drug-likeness (QED) is 0.305. The van der Waals surface area contributed by atoms with Crippen LogP contribution in [0.25, 0.3) is 0 Å². The van der Waals surface area contributed by atoms with Crippen molar-refractivity contribution in [3.63, 3.8) is 0 Å². The van der Waals surface area contributed by atoms with Gasteiger partial charge in [0.25, 0.3) is 0 Å². The summed E-state index contributed by atoms with van der Waals surface area (Å²) in [6.07, 6.45) is 1.57. The average molecular weight is 177 g/mol. The van der Waals surface area contributed by atoms with Crippen LogP contribution in [-0.4, -0.2) is 10.7 Å². The summed E-state index contributed by atoms with van der Waals surface area (Å²) < 4.78 is 0. The molecule has 0 fully saturated rings. The first-order valence-corrected chi connectivity index (χ1v) is 3.61. The van der Waals surface area contributed by atoms with Gasteiger partial charge in [-0.25, -0.2) is 0 Å². The second-order valence-electron chi connectivity index (χ2n) is 2.33. The van der Waals surface area contributed by atoms with Crippen LogP contribution in [0.2, 0.25) is 0 Å². The van der Waals surface area contributed by atoms with E-state index in [1.807, 2.05) is 0 Å². The highest BCUT2D eigenvalue weighted by Crippen LogP contribution is 2.00. The van der Waals surface area contributed by atoms with Gasteiger partial charge in [-0.05, 0) is 0 Å². The van der Waals surface area contributed by atoms with Crippen molar-refractivity contribution in [3.8, 4) is 0 Å². The molecule has 4 heteroatoms. The second kappa shape index (κ2) is 4.15. The molecule has 0 aliphatic heterocycles. The number of carbonyl (C=O) groups is 1. The van der Waals surface area contributed by atoms with E-state index in [1.165, 1.54) is 0 Å². The maximum Gasteiger partial charge on any atom is 0.238 e. The highest BCUT2D eigenvalue weighted by atomic mass is 16.6. The number of benzene rings is 1. The predicted molar refractivity (Wildman–Crippen MR) is 46.9 cm³/mol. The van der Waals surface area contributed by atoms with Crippen molar-refractivity contribution >= 4 is 5.78 Å². The average Bonchev–Trinajstić information content (AvgIpc) is 2.15. The highest BCUT2D eigenvalue weighted by molar-refractivity contribution is 6.04. The van der Waals surface area contributed by atoms with Crippen molar-refractivity contribution in [1.29, 1.82) is 0 Å². The Hall–Kier alpha value is -1.97. The van der Waals surface area contributed by atoms with E-state index in [2.05, 4.69) is 0 Å². The molecule has 1 aromatic rings. The summed E-state index contributed by atoms with van der Waals surface area (Å²) >= 11 is 0. The molecule has 0 amide bonds. The van der Waals surface area contributed by atoms with Gasteiger partial charge in [0.1, 0.15) is 0 Å². The van der Waals surface area contributed by atoms with Crippen LogP contribution in [0.4, 0.5) is 0 Å². The maximum atomic E-state index is 11.2. The van der Waals surface area contributed by atoms with Gasteiger partial charge in [-0.2, -0.15) is 0 Å². The minimum absolute atomic E-state index is 0.364. The van der Waals surface area contributed by atoms with Gasteiger partial charge in [-0.1, -0.05) is 30.3 Å². The Bertz CT molecular complexity index is 343. The SMILES string of the molecule is O=C(C=C[N+](=O)[O-])c1ccccc1. The largest absolute Gasteiger partial charge is 0.289 e. The topological polar surface area (TPSA) is 60.2 Å². The number of nitro groups is 1. The van der Waals surface area contributed by atoms with Crippen molar-refractivity contribution in [2.75, 3.05) is 0 Å². The Morgan fingerprint density at radius 1 is 1.31 bits per heavy atom. The van der Waals surface area contributed by atoms with Crippen molar-refractivity contribution in [3.05, 3.63) is 58.3 Å². The molecule has 66 valence electrons. The van der Waals surface area contributed by atoms with Crippen molar-refractivity contribution in [1.82, 2.24) is 0 Å². The van der Waals surface area contributed by atoms with Crippen LogP contribution in [0, 0.1) is 10.1 Å². The van der Waals surface area contributed by atoms with E-state index in [9.17, 15) is 14.9 Å². The molecule has 0 aromatic heterocycles. The minimum Gasteiger partial charge on any atom is -0.289 e. The Kier molecular flexibility index (Phi) is 2.92. The number of allylic oxidation sites excluding steroid dienone is 1. The van der Waals surface area contributed by atoms with E-state index in [0.29, 0.717) is 11.8 Å². The Balaban J connectivity index is 2.76. The molecule has 0 unspecified atom stereocenters. The van der Waals surface area contributed by atoms with Crippen molar-refractivity contribution < 1.29 is 9.72 Å². The molecular weight excluding hydrogens is 170 g/mol. The molecule has 0 saturated heterocycles. The van der Waals surface area contributed by atoms with Crippen LogP contribution in [0.3, 0.4) is 0 Å². The fourth-order valence-corrected chi connectivity index (χ4v) is 0.827. The normalized spacial score (nSPS) is 10.2. The molecule has 0 N–H and O–H groups in total. The van der Waals surface area contributed by atoms with Crippen LogP contribution >= 0.6 is 0 Å². The Labute approximate surface area is 74.7 Å². The molecule has 1 rings (SSSR count). The summed E-state index contributed by atoms with van der Waals surface area (Å²) in [5.41, 5.74) is 0.445. The van der Waals surface area contributed by atoms with E-state index < -0.39 is 4.92 Å². The highest BCUT2D eigenvalue weighted by Gasteiger charge is 2.00. The summed E-state index contributed by atoms with van der Waals surface area (Å²) in [5, 5.41) is 9.90. The van der Waals surface area contributed by atoms with Gasteiger partial charge in [0.05, 0.1) is 11.0 Å². The first-order chi connectivity index (χ1) is 6.20. The number of hydrogen-bond acceptors (Lipinski definition) is 3. The molecule has 0 aliphatic carbocycles. The zero-order valence-electron chi connectivity index (χ0n) is 6.71. The van der Waals surface area contributed by atoms with E-state index >= 15 is 0 Å². The molecule has 0 saturated carbocycles. The molecule has 0 bridgehead atoms. The molecule has 4 nitrogen and oxygen atoms in total. The third-order valence-corrected chi connectivity index (χ3v) is 1.41. The Morgan fingerprint density at radius 3 is 2.46 bits per heavy atom. The fourth-order valence-electron chi connectivity index (χ4n) is 0.827. The standard InChI is InChI=1S/C9H7NO3/c11-9(6-7-10(12)13)8-4-2-1-3-5-8/h1-7H. The van der Waals surface area contributed by atoms with E-state index in [0.717, 1.165) is 6.08 Å². The summed E-state index contributed by atoms with van der Waals surface area (Å²) in [7, 11) is 0.